The summed E-state index contributed by atoms with van der Waals surface area (Å²) in [4.78, 5) is 59.7. The lowest BCUT2D eigenvalue weighted by atomic mass is 9.96. The zero-order valence-electron chi connectivity index (χ0n) is 18.7. The first-order chi connectivity index (χ1) is 14.7. The summed E-state index contributed by atoms with van der Waals surface area (Å²) in [6.07, 6.45) is -2.55. The molecule has 4 amide bonds. The largest absolute Gasteiger partial charge is 0.480 e. The fraction of sp³-hybridized carbons (Fsp3) is 0.737. The second kappa shape index (κ2) is 13.6. The Hall–Kier alpha value is -2.77. The van der Waals surface area contributed by atoms with E-state index in [4.69, 9.17) is 16.6 Å². The van der Waals surface area contributed by atoms with E-state index in [0.29, 0.717) is 6.42 Å². The lowest BCUT2D eigenvalue weighted by Crippen LogP contribution is -2.61. The van der Waals surface area contributed by atoms with Gasteiger partial charge in [-0.15, -0.1) is 0 Å². The van der Waals surface area contributed by atoms with E-state index in [-0.39, 0.29) is 12.8 Å². The predicted octanol–water partition coefficient (Wildman–Crippen LogP) is -3.07. The number of rotatable bonds is 14. The maximum absolute atomic E-state index is 12.8. The number of nitrogens with two attached hydrogens (primary N) is 2. The molecular formula is C19H35N5O8. The van der Waals surface area contributed by atoms with Crippen molar-refractivity contribution in [1.82, 2.24) is 16.0 Å². The molecule has 10 N–H and O–H groups in total. The van der Waals surface area contributed by atoms with Gasteiger partial charge in [0.1, 0.15) is 12.1 Å². The normalized spacial score (nSPS) is 17.6. The van der Waals surface area contributed by atoms with E-state index in [9.17, 15) is 34.2 Å². The maximum Gasteiger partial charge on any atom is 0.328 e. The highest BCUT2D eigenvalue weighted by molar-refractivity contribution is 5.94. The zero-order valence-corrected chi connectivity index (χ0v) is 18.7. The third-order valence-corrected chi connectivity index (χ3v) is 4.94. The second-order valence-corrected chi connectivity index (χ2v) is 7.78. The van der Waals surface area contributed by atoms with Crippen LogP contribution in [0, 0.1) is 5.92 Å². The van der Waals surface area contributed by atoms with Gasteiger partial charge in [-0.2, -0.15) is 0 Å². The van der Waals surface area contributed by atoms with Crippen molar-refractivity contribution in [3.63, 3.8) is 0 Å². The van der Waals surface area contributed by atoms with Crippen molar-refractivity contribution in [2.24, 2.45) is 17.4 Å². The minimum Gasteiger partial charge on any atom is -0.480 e. The summed E-state index contributed by atoms with van der Waals surface area (Å²) < 4.78 is 0. The molecule has 7 atom stereocenters. The number of primary amides is 1. The van der Waals surface area contributed by atoms with Crippen LogP contribution in [0.25, 0.3) is 0 Å². The number of hydrogen-bond donors (Lipinski definition) is 8. The minimum atomic E-state index is -1.60. The Morgan fingerprint density at radius 2 is 1.25 bits per heavy atom. The molecule has 0 saturated heterocycles. The molecule has 0 rings (SSSR count). The van der Waals surface area contributed by atoms with Crippen LogP contribution in [0.1, 0.15) is 47.0 Å². The molecule has 0 fully saturated rings. The van der Waals surface area contributed by atoms with Gasteiger partial charge in [-0.25, -0.2) is 4.79 Å². The van der Waals surface area contributed by atoms with Crippen molar-refractivity contribution in [2.75, 3.05) is 0 Å². The highest BCUT2D eigenvalue weighted by Crippen LogP contribution is 2.10. The number of carbonyl (C=O) groups is 5. The van der Waals surface area contributed by atoms with E-state index < -0.39 is 71.9 Å². The number of hydrogen-bond acceptors (Lipinski definition) is 8. The molecule has 0 saturated carbocycles. The third kappa shape index (κ3) is 9.58. The van der Waals surface area contributed by atoms with Gasteiger partial charge < -0.3 is 42.7 Å². The minimum absolute atomic E-state index is 0.0663. The van der Waals surface area contributed by atoms with Gasteiger partial charge in [0, 0.05) is 6.42 Å². The summed E-state index contributed by atoms with van der Waals surface area (Å²) >= 11 is 0. The fourth-order valence-electron chi connectivity index (χ4n) is 2.67. The van der Waals surface area contributed by atoms with Gasteiger partial charge in [-0.05, 0) is 26.2 Å². The number of aliphatic hydroxyl groups excluding tert-OH is 2. The molecular weight excluding hydrogens is 426 g/mol. The van der Waals surface area contributed by atoms with Crippen LogP contribution in [0.5, 0.6) is 0 Å². The lowest BCUT2D eigenvalue weighted by Gasteiger charge is -2.29. The van der Waals surface area contributed by atoms with Gasteiger partial charge in [0.15, 0.2) is 6.04 Å². The molecule has 0 aliphatic carbocycles. The van der Waals surface area contributed by atoms with Crippen LogP contribution in [0.2, 0.25) is 0 Å². The van der Waals surface area contributed by atoms with Crippen LogP contribution in [-0.4, -0.2) is 81.3 Å². The first kappa shape index (κ1) is 29.2. The summed E-state index contributed by atoms with van der Waals surface area (Å²) in [5.74, 6) is -5.13. The van der Waals surface area contributed by atoms with E-state index >= 15 is 0 Å². The smallest absolute Gasteiger partial charge is 0.328 e. The molecule has 0 bridgehead atoms. The van der Waals surface area contributed by atoms with E-state index in [1.807, 2.05) is 0 Å². The van der Waals surface area contributed by atoms with Gasteiger partial charge in [-0.3, -0.25) is 19.2 Å². The van der Waals surface area contributed by atoms with Crippen LogP contribution < -0.4 is 27.4 Å². The SMILES string of the molecule is CCC(C)C(NC(=O)C(NC(=O)C(N)CCC(N)=O)C(C)O)C(=O)NC(C(=O)O)C(C)O. The van der Waals surface area contributed by atoms with E-state index in [1.54, 1.807) is 13.8 Å². The van der Waals surface area contributed by atoms with E-state index in [2.05, 4.69) is 16.0 Å². The van der Waals surface area contributed by atoms with Crippen molar-refractivity contribution in [3.05, 3.63) is 0 Å². The third-order valence-electron chi connectivity index (χ3n) is 4.94. The van der Waals surface area contributed by atoms with Gasteiger partial charge in [0.05, 0.1) is 18.2 Å². The van der Waals surface area contributed by atoms with Crippen molar-refractivity contribution < 1.29 is 39.3 Å². The summed E-state index contributed by atoms with van der Waals surface area (Å²) in [5, 5.41) is 35.6. The average Bonchev–Trinajstić information content (AvgIpc) is 2.70. The summed E-state index contributed by atoms with van der Waals surface area (Å²) in [7, 11) is 0. The molecule has 32 heavy (non-hydrogen) atoms. The average molecular weight is 462 g/mol. The van der Waals surface area contributed by atoms with Crippen molar-refractivity contribution in [3.8, 4) is 0 Å². The van der Waals surface area contributed by atoms with Crippen LogP contribution >= 0.6 is 0 Å². The molecule has 0 aromatic heterocycles. The Morgan fingerprint density at radius 1 is 0.812 bits per heavy atom. The number of aliphatic carboxylic acids is 1. The Morgan fingerprint density at radius 3 is 1.66 bits per heavy atom. The summed E-state index contributed by atoms with van der Waals surface area (Å²) in [6, 6.07) is -5.45. The maximum atomic E-state index is 12.8. The summed E-state index contributed by atoms with van der Waals surface area (Å²) in [5.41, 5.74) is 10.7. The molecule has 0 aliphatic heterocycles. The molecule has 0 radical (unpaired) electrons. The Kier molecular flexibility index (Phi) is 12.4. The second-order valence-electron chi connectivity index (χ2n) is 7.78. The van der Waals surface area contributed by atoms with E-state index in [1.165, 1.54) is 13.8 Å². The zero-order chi connectivity index (χ0) is 25.2. The number of aliphatic hydroxyl groups is 2. The fourth-order valence-corrected chi connectivity index (χ4v) is 2.67. The van der Waals surface area contributed by atoms with E-state index in [0.717, 1.165) is 0 Å². The Bertz CT molecular complexity index is 685. The highest BCUT2D eigenvalue weighted by atomic mass is 16.4. The van der Waals surface area contributed by atoms with Crippen LogP contribution in [-0.2, 0) is 24.0 Å². The first-order valence-electron chi connectivity index (χ1n) is 10.3. The molecule has 0 aliphatic rings. The highest BCUT2D eigenvalue weighted by Gasteiger charge is 2.35. The molecule has 0 spiro atoms. The number of carboxylic acid groups (broad SMARTS) is 1. The number of carbonyl (C=O) groups excluding carboxylic acids is 4. The van der Waals surface area contributed by atoms with Crippen LogP contribution in [0.15, 0.2) is 0 Å². The van der Waals surface area contributed by atoms with Gasteiger partial charge in [0.2, 0.25) is 23.6 Å². The molecule has 0 heterocycles. The summed E-state index contributed by atoms with van der Waals surface area (Å²) in [6.45, 7) is 5.81. The molecule has 184 valence electrons. The number of amides is 4. The predicted molar refractivity (Wildman–Crippen MR) is 113 cm³/mol. The molecule has 13 heteroatoms. The number of nitrogens with one attached hydrogen (secondary N) is 3. The Labute approximate surface area is 186 Å². The van der Waals surface area contributed by atoms with Crippen LogP contribution in [0.3, 0.4) is 0 Å². The Balaban J connectivity index is 5.44. The van der Waals surface area contributed by atoms with Crippen molar-refractivity contribution in [1.29, 1.82) is 0 Å². The number of carboxylic acids is 1. The van der Waals surface area contributed by atoms with Gasteiger partial charge >= 0.3 is 5.97 Å². The topological polar surface area (TPSA) is 234 Å². The monoisotopic (exact) mass is 461 g/mol. The molecule has 13 nitrogen and oxygen atoms in total. The molecule has 0 aromatic carbocycles. The first-order valence-corrected chi connectivity index (χ1v) is 10.3. The van der Waals surface area contributed by atoms with Gasteiger partial charge in [-0.1, -0.05) is 20.3 Å². The van der Waals surface area contributed by atoms with Crippen molar-refractivity contribution in [2.45, 2.75) is 83.3 Å². The molecule has 7 unspecified atom stereocenters. The van der Waals surface area contributed by atoms with Crippen molar-refractivity contribution >= 4 is 29.6 Å². The quantitative estimate of drug-likeness (QED) is 0.131. The molecule has 0 aromatic rings. The standard InChI is InChI=1S/C19H35N5O8/c1-5-8(2)13(17(29)24-15(10(4)26)19(31)32)22-18(30)14(9(3)25)23-16(28)11(20)6-7-12(21)27/h8-11,13-15,25-26H,5-7,20H2,1-4H3,(H2,21,27)(H,22,30)(H,23,28)(H,24,29)(H,31,32). The van der Waals surface area contributed by atoms with Crippen LogP contribution in [0.4, 0.5) is 0 Å². The van der Waals surface area contributed by atoms with Gasteiger partial charge in [0.25, 0.3) is 0 Å². The lowest BCUT2D eigenvalue weighted by molar-refractivity contribution is -0.145.